The van der Waals surface area contributed by atoms with Gasteiger partial charge in [0.15, 0.2) is 0 Å². The summed E-state index contributed by atoms with van der Waals surface area (Å²) in [6.45, 7) is 0. The largest absolute Gasteiger partial charge is 0.207 e. The lowest BCUT2D eigenvalue weighted by Gasteiger charge is -2.22. The van der Waals surface area contributed by atoms with Crippen molar-refractivity contribution >= 4 is 0 Å². The molecule has 0 amide bonds. The highest BCUT2D eigenvalue weighted by Crippen LogP contribution is 2.46. The van der Waals surface area contributed by atoms with Crippen molar-refractivity contribution in [3.05, 3.63) is 59.5 Å². The first-order chi connectivity index (χ1) is 7.34. The van der Waals surface area contributed by atoms with Crippen molar-refractivity contribution < 1.29 is 4.39 Å². The molecule has 0 aliphatic heterocycles. The molecule has 0 aromatic heterocycles. The fourth-order valence-corrected chi connectivity index (χ4v) is 2.14. The molecule has 0 nitrogen and oxygen atoms in total. The molecule has 0 saturated heterocycles. The maximum Gasteiger partial charge on any atom is 0.122 e. The highest BCUT2D eigenvalue weighted by Gasteiger charge is 2.32. The van der Waals surface area contributed by atoms with Crippen LogP contribution in [-0.2, 0) is 0 Å². The molecule has 1 unspecified atom stereocenters. The van der Waals surface area contributed by atoms with Crippen molar-refractivity contribution in [2.75, 3.05) is 0 Å². The number of hydrogen-bond donors (Lipinski definition) is 0. The number of allylic oxidation sites excluding steroid dienone is 10. The molecule has 3 aliphatic carbocycles. The molecule has 0 N–H and O–H groups in total. The van der Waals surface area contributed by atoms with Crippen LogP contribution in [0.4, 0.5) is 4.39 Å². The minimum atomic E-state index is -0.161. The second-order valence-electron chi connectivity index (χ2n) is 4.34. The first-order valence-electron chi connectivity index (χ1n) is 5.49. The lowest BCUT2D eigenvalue weighted by atomic mass is 9.83. The average Bonchev–Trinajstić information content (AvgIpc) is 2.95. The summed E-state index contributed by atoms with van der Waals surface area (Å²) in [4.78, 5) is 0. The van der Waals surface area contributed by atoms with E-state index >= 15 is 0 Å². The molecule has 1 saturated carbocycles. The zero-order valence-corrected chi connectivity index (χ0v) is 8.49. The second-order valence-corrected chi connectivity index (χ2v) is 4.34. The molecular formula is C14H13F. The first kappa shape index (κ1) is 8.90. The number of halogens is 1. The zero-order chi connectivity index (χ0) is 10.3. The van der Waals surface area contributed by atoms with Crippen LogP contribution in [0, 0.1) is 11.8 Å². The Kier molecular flexibility index (Phi) is 1.98. The van der Waals surface area contributed by atoms with Crippen LogP contribution in [0.25, 0.3) is 0 Å². The Bertz CT molecular complexity index is 428. The molecule has 1 atom stereocenters. The fraction of sp³-hybridized carbons (Fsp3) is 0.286. The molecule has 76 valence electrons. The summed E-state index contributed by atoms with van der Waals surface area (Å²) in [7, 11) is 0. The van der Waals surface area contributed by atoms with E-state index in [1.54, 1.807) is 6.08 Å². The highest BCUT2D eigenvalue weighted by molar-refractivity contribution is 5.53. The van der Waals surface area contributed by atoms with Crippen molar-refractivity contribution in [1.29, 1.82) is 0 Å². The summed E-state index contributed by atoms with van der Waals surface area (Å²) in [6, 6.07) is 0. The molecule has 3 rings (SSSR count). The SMILES string of the molecule is FC1=CC=CC(C2=CC=C2C2CC2)C=C1. The van der Waals surface area contributed by atoms with Crippen LogP contribution >= 0.6 is 0 Å². The lowest BCUT2D eigenvalue weighted by molar-refractivity contribution is 0.666. The normalized spacial score (nSPS) is 28.9. The summed E-state index contributed by atoms with van der Waals surface area (Å²) in [5, 5.41) is 0. The molecule has 3 aliphatic rings. The fourth-order valence-electron chi connectivity index (χ4n) is 2.14. The maximum atomic E-state index is 13.0. The summed E-state index contributed by atoms with van der Waals surface area (Å²) < 4.78 is 13.0. The molecule has 0 aromatic carbocycles. The zero-order valence-electron chi connectivity index (χ0n) is 8.49. The second kappa shape index (κ2) is 3.34. The number of hydrogen-bond acceptors (Lipinski definition) is 0. The van der Waals surface area contributed by atoms with E-state index in [9.17, 15) is 4.39 Å². The van der Waals surface area contributed by atoms with Gasteiger partial charge >= 0.3 is 0 Å². The molecule has 0 radical (unpaired) electrons. The first-order valence-corrected chi connectivity index (χ1v) is 5.49. The average molecular weight is 200 g/mol. The van der Waals surface area contributed by atoms with Crippen LogP contribution in [-0.4, -0.2) is 0 Å². The van der Waals surface area contributed by atoms with E-state index in [4.69, 9.17) is 0 Å². The quantitative estimate of drug-likeness (QED) is 0.635. The van der Waals surface area contributed by atoms with Gasteiger partial charge in [-0.25, -0.2) is 4.39 Å². The van der Waals surface area contributed by atoms with Crippen molar-refractivity contribution in [2.24, 2.45) is 11.8 Å². The lowest BCUT2D eigenvalue weighted by Crippen LogP contribution is -2.07. The van der Waals surface area contributed by atoms with Crippen molar-refractivity contribution in [3.8, 4) is 0 Å². The van der Waals surface area contributed by atoms with Gasteiger partial charge in [-0.15, -0.1) is 0 Å². The summed E-state index contributed by atoms with van der Waals surface area (Å²) in [5.74, 6) is 0.911. The predicted molar refractivity (Wildman–Crippen MR) is 59.9 cm³/mol. The van der Waals surface area contributed by atoms with Crippen molar-refractivity contribution in [2.45, 2.75) is 12.8 Å². The summed E-state index contributed by atoms with van der Waals surface area (Å²) >= 11 is 0. The monoisotopic (exact) mass is 200 g/mol. The minimum absolute atomic E-state index is 0.161. The smallest absolute Gasteiger partial charge is 0.122 e. The highest BCUT2D eigenvalue weighted by atomic mass is 19.1. The van der Waals surface area contributed by atoms with Crippen molar-refractivity contribution in [1.82, 2.24) is 0 Å². The van der Waals surface area contributed by atoms with Gasteiger partial charge in [-0.05, 0) is 42.1 Å². The van der Waals surface area contributed by atoms with Crippen LogP contribution in [0.1, 0.15) is 12.8 Å². The van der Waals surface area contributed by atoms with E-state index in [2.05, 4.69) is 18.2 Å². The van der Waals surface area contributed by atoms with E-state index in [-0.39, 0.29) is 11.7 Å². The predicted octanol–water partition coefficient (Wildman–Crippen LogP) is 3.86. The topological polar surface area (TPSA) is 0 Å². The van der Waals surface area contributed by atoms with Gasteiger partial charge in [-0.2, -0.15) is 0 Å². The maximum absolute atomic E-state index is 13.0. The van der Waals surface area contributed by atoms with E-state index in [0.717, 1.165) is 5.92 Å². The Balaban J connectivity index is 1.76. The number of rotatable bonds is 2. The molecule has 0 spiro atoms. The molecule has 0 aromatic rings. The molecular weight excluding hydrogens is 187 g/mol. The molecule has 1 fully saturated rings. The Hall–Kier alpha value is -1.37. The van der Waals surface area contributed by atoms with Crippen LogP contribution < -0.4 is 0 Å². The molecule has 0 bridgehead atoms. The van der Waals surface area contributed by atoms with Gasteiger partial charge in [-0.1, -0.05) is 30.4 Å². The Morgan fingerprint density at radius 1 is 1.00 bits per heavy atom. The third-order valence-electron chi connectivity index (χ3n) is 3.19. The van der Waals surface area contributed by atoms with Gasteiger partial charge in [0.1, 0.15) is 5.83 Å². The Morgan fingerprint density at radius 2 is 1.80 bits per heavy atom. The van der Waals surface area contributed by atoms with E-state index in [0.29, 0.717) is 0 Å². The Morgan fingerprint density at radius 3 is 2.47 bits per heavy atom. The van der Waals surface area contributed by atoms with Gasteiger partial charge in [0.25, 0.3) is 0 Å². The van der Waals surface area contributed by atoms with Crippen molar-refractivity contribution in [3.63, 3.8) is 0 Å². The van der Waals surface area contributed by atoms with Crippen LogP contribution in [0.2, 0.25) is 0 Å². The summed E-state index contributed by atoms with van der Waals surface area (Å²) in [6.07, 6.45) is 15.9. The molecule has 15 heavy (non-hydrogen) atoms. The molecule has 0 heterocycles. The van der Waals surface area contributed by atoms with Crippen LogP contribution in [0.5, 0.6) is 0 Å². The van der Waals surface area contributed by atoms with Gasteiger partial charge in [0.2, 0.25) is 0 Å². The van der Waals surface area contributed by atoms with Crippen LogP contribution in [0.3, 0.4) is 0 Å². The standard InChI is InChI=1S/C14H13F/c15-12-3-1-2-10(6-7-12)13-8-9-14(13)11-4-5-11/h1-3,6-11H,4-5H2. The minimum Gasteiger partial charge on any atom is -0.207 e. The van der Waals surface area contributed by atoms with Crippen LogP contribution in [0.15, 0.2) is 59.5 Å². The third kappa shape index (κ3) is 1.63. The summed E-state index contributed by atoms with van der Waals surface area (Å²) in [5.41, 5.74) is 2.88. The van der Waals surface area contributed by atoms with Gasteiger partial charge in [-0.3, -0.25) is 0 Å². The van der Waals surface area contributed by atoms with Gasteiger partial charge < -0.3 is 0 Å². The van der Waals surface area contributed by atoms with E-state index in [1.165, 1.54) is 30.1 Å². The molecule has 1 heteroatoms. The third-order valence-corrected chi connectivity index (χ3v) is 3.19. The van der Waals surface area contributed by atoms with Gasteiger partial charge in [0.05, 0.1) is 0 Å². The van der Waals surface area contributed by atoms with E-state index in [1.807, 2.05) is 12.2 Å². The van der Waals surface area contributed by atoms with Gasteiger partial charge in [0, 0.05) is 5.92 Å². The van der Waals surface area contributed by atoms with E-state index < -0.39 is 0 Å². The Labute approximate surface area is 89.2 Å².